The maximum Gasteiger partial charge on any atom is 0.416 e. The minimum Gasteiger partial charge on any atom is -0.397 e. The fraction of sp³-hybridized carbons (Fsp3) is 0.0769. The van der Waals surface area contributed by atoms with E-state index in [1.165, 1.54) is 12.3 Å². The predicted molar refractivity (Wildman–Crippen MR) is 68.1 cm³/mol. The number of nitriles is 1. The Bertz CT molecular complexity index is 657. The Morgan fingerprint density at radius 3 is 2.50 bits per heavy atom. The summed E-state index contributed by atoms with van der Waals surface area (Å²) in [7, 11) is 0. The van der Waals surface area contributed by atoms with Crippen molar-refractivity contribution in [1.82, 2.24) is 4.98 Å². The molecule has 1 heterocycles. The number of rotatable bonds is 2. The number of alkyl halides is 3. The molecule has 0 unspecified atom stereocenters. The molecule has 3 N–H and O–H groups in total. The lowest BCUT2D eigenvalue weighted by Crippen LogP contribution is -2.06. The van der Waals surface area contributed by atoms with Gasteiger partial charge in [0.1, 0.15) is 11.9 Å². The van der Waals surface area contributed by atoms with Gasteiger partial charge in [-0.2, -0.15) is 18.4 Å². The van der Waals surface area contributed by atoms with Gasteiger partial charge in [-0.3, -0.25) is 0 Å². The van der Waals surface area contributed by atoms with Crippen LogP contribution in [-0.4, -0.2) is 4.98 Å². The SMILES string of the molecule is N#Cc1cc(C(F)(F)F)ccc1Nc1ccc(N)cn1. The van der Waals surface area contributed by atoms with Crippen LogP contribution in [0.4, 0.5) is 30.4 Å². The number of nitrogens with zero attached hydrogens (tertiary/aromatic N) is 2. The van der Waals surface area contributed by atoms with Gasteiger partial charge in [0.15, 0.2) is 0 Å². The van der Waals surface area contributed by atoms with E-state index in [2.05, 4.69) is 10.3 Å². The number of nitrogens with two attached hydrogens (primary N) is 1. The summed E-state index contributed by atoms with van der Waals surface area (Å²) < 4.78 is 37.7. The van der Waals surface area contributed by atoms with Crippen LogP contribution in [0.3, 0.4) is 0 Å². The van der Waals surface area contributed by atoms with E-state index in [1.807, 2.05) is 0 Å². The molecule has 0 amide bonds. The van der Waals surface area contributed by atoms with E-state index in [1.54, 1.807) is 18.2 Å². The molecule has 2 rings (SSSR count). The van der Waals surface area contributed by atoms with Crippen molar-refractivity contribution in [2.45, 2.75) is 6.18 Å². The van der Waals surface area contributed by atoms with Crippen LogP contribution in [0.5, 0.6) is 0 Å². The summed E-state index contributed by atoms with van der Waals surface area (Å²) in [6.45, 7) is 0. The Hall–Kier alpha value is -2.75. The Morgan fingerprint density at radius 2 is 1.95 bits per heavy atom. The van der Waals surface area contributed by atoms with Crippen molar-refractivity contribution in [2.24, 2.45) is 0 Å². The summed E-state index contributed by atoms with van der Waals surface area (Å²) in [5.74, 6) is 0.385. The molecule has 1 aromatic carbocycles. The normalized spacial score (nSPS) is 10.9. The molecule has 0 spiro atoms. The van der Waals surface area contributed by atoms with E-state index in [-0.39, 0.29) is 11.3 Å². The maximum atomic E-state index is 12.6. The average molecular weight is 278 g/mol. The van der Waals surface area contributed by atoms with E-state index in [0.717, 1.165) is 12.1 Å². The quantitative estimate of drug-likeness (QED) is 0.883. The first-order valence-electron chi connectivity index (χ1n) is 5.50. The van der Waals surface area contributed by atoms with Gasteiger partial charge < -0.3 is 11.1 Å². The zero-order chi connectivity index (χ0) is 14.8. The Morgan fingerprint density at radius 1 is 1.20 bits per heavy atom. The lowest BCUT2D eigenvalue weighted by molar-refractivity contribution is -0.137. The summed E-state index contributed by atoms with van der Waals surface area (Å²) in [6.07, 6.45) is -3.08. The molecule has 0 saturated heterocycles. The first-order valence-corrected chi connectivity index (χ1v) is 5.50. The van der Waals surface area contributed by atoms with Gasteiger partial charge in [0.2, 0.25) is 0 Å². The van der Waals surface area contributed by atoms with Crippen molar-refractivity contribution in [3.05, 3.63) is 47.7 Å². The number of benzene rings is 1. The number of nitrogens with one attached hydrogen (secondary N) is 1. The molecule has 1 aromatic heterocycles. The Kier molecular flexibility index (Phi) is 3.48. The second kappa shape index (κ2) is 5.09. The number of nitrogen functional groups attached to an aromatic ring is 1. The molecule has 20 heavy (non-hydrogen) atoms. The summed E-state index contributed by atoms with van der Waals surface area (Å²) in [4.78, 5) is 3.95. The lowest BCUT2D eigenvalue weighted by atomic mass is 10.1. The van der Waals surface area contributed by atoms with Crippen LogP contribution >= 0.6 is 0 Å². The minimum absolute atomic E-state index is 0.113. The van der Waals surface area contributed by atoms with E-state index in [9.17, 15) is 13.2 Å². The number of anilines is 3. The number of hydrogen-bond donors (Lipinski definition) is 2. The highest BCUT2D eigenvalue weighted by Crippen LogP contribution is 2.32. The zero-order valence-corrected chi connectivity index (χ0v) is 10.1. The summed E-state index contributed by atoms with van der Waals surface area (Å²) in [5, 5.41) is 11.7. The van der Waals surface area contributed by atoms with Crippen LogP contribution in [-0.2, 0) is 6.18 Å². The van der Waals surface area contributed by atoms with Gasteiger partial charge in [-0.25, -0.2) is 4.98 Å². The van der Waals surface area contributed by atoms with E-state index in [0.29, 0.717) is 11.5 Å². The van der Waals surface area contributed by atoms with E-state index < -0.39 is 11.7 Å². The summed E-state index contributed by atoms with van der Waals surface area (Å²) >= 11 is 0. The highest BCUT2D eigenvalue weighted by atomic mass is 19.4. The highest BCUT2D eigenvalue weighted by molar-refractivity contribution is 5.65. The van der Waals surface area contributed by atoms with Gasteiger partial charge in [-0.05, 0) is 30.3 Å². The van der Waals surface area contributed by atoms with Crippen LogP contribution in [0, 0.1) is 11.3 Å². The van der Waals surface area contributed by atoms with Gasteiger partial charge in [0.05, 0.1) is 28.7 Å². The van der Waals surface area contributed by atoms with Crippen LogP contribution in [0.2, 0.25) is 0 Å². The van der Waals surface area contributed by atoms with Gasteiger partial charge in [0.25, 0.3) is 0 Å². The van der Waals surface area contributed by atoms with Crippen molar-refractivity contribution < 1.29 is 13.2 Å². The van der Waals surface area contributed by atoms with Crippen LogP contribution in [0.15, 0.2) is 36.5 Å². The zero-order valence-electron chi connectivity index (χ0n) is 10.1. The first kappa shape index (κ1) is 13.7. The molecular weight excluding hydrogens is 269 g/mol. The third-order valence-electron chi connectivity index (χ3n) is 2.52. The summed E-state index contributed by atoms with van der Waals surface area (Å²) in [5.41, 5.74) is 5.20. The Balaban J connectivity index is 2.33. The van der Waals surface area contributed by atoms with Crippen LogP contribution < -0.4 is 11.1 Å². The average Bonchev–Trinajstić information content (AvgIpc) is 2.40. The molecular formula is C13H9F3N4. The largest absolute Gasteiger partial charge is 0.416 e. The van der Waals surface area contributed by atoms with Gasteiger partial charge >= 0.3 is 6.18 Å². The molecule has 0 radical (unpaired) electrons. The molecule has 7 heteroatoms. The van der Waals surface area contributed by atoms with Crippen molar-refractivity contribution >= 4 is 17.2 Å². The lowest BCUT2D eigenvalue weighted by Gasteiger charge is -2.11. The van der Waals surface area contributed by atoms with Crippen LogP contribution in [0.25, 0.3) is 0 Å². The second-order valence-electron chi connectivity index (χ2n) is 3.97. The predicted octanol–water partition coefficient (Wildman–Crippen LogP) is 3.30. The van der Waals surface area contributed by atoms with Gasteiger partial charge in [0, 0.05) is 0 Å². The molecule has 102 valence electrons. The number of halogens is 3. The second-order valence-corrected chi connectivity index (χ2v) is 3.97. The molecule has 0 aliphatic rings. The highest BCUT2D eigenvalue weighted by Gasteiger charge is 2.31. The number of pyridine rings is 1. The smallest absolute Gasteiger partial charge is 0.397 e. The molecule has 0 saturated carbocycles. The first-order chi connectivity index (χ1) is 9.40. The minimum atomic E-state index is -4.48. The molecule has 0 bridgehead atoms. The molecule has 2 aromatic rings. The molecule has 4 nitrogen and oxygen atoms in total. The Labute approximate surface area is 112 Å². The van der Waals surface area contributed by atoms with Gasteiger partial charge in [-0.1, -0.05) is 0 Å². The number of hydrogen-bond acceptors (Lipinski definition) is 4. The summed E-state index contributed by atoms with van der Waals surface area (Å²) in [6, 6.07) is 7.77. The van der Waals surface area contributed by atoms with Crippen LogP contribution in [0.1, 0.15) is 11.1 Å². The molecule has 0 atom stereocenters. The van der Waals surface area contributed by atoms with Crippen molar-refractivity contribution in [1.29, 1.82) is 5.26 Å². The number of aromatic nitrogens is 1. The fourth-order valence-electron chi connectivity index (χ4n) is 1.54. The van der Waals surface area contributed by atoms with Gasteiger partial charge in [-0.15, -0.1) is 0 Å². The monoisotopic (exact) mass is 278 g/mol. The third kappa shape index (κ3) is 2.98. The fourth-order valence-corrected chi connectivity index (χ4v) is 1.54. The topological polar surface area (TPSA) is 74.7 Å². The molecule has 0 aliphatic carbocycles. The standard InChI is InChI=1S/C13H9F3N4/c14-13(15,16)9-1-3-11(8(5-9)6-17)20-12-4-2-10(18)7-19-12/h1-5,7H,18H2,(H,19,20). The third-order valence-corrected chi connectivity index (χ3v) is 2.52. The van der Waals surface area contributed by atoms with Crippen molar-refractivity contribution in [3.63, 3.8) is 0 Å². The van der Waals surface area contributed by atoms with Crippen molar-refractivity contribution in [3.8, 4) is 6.07 Å². The van der Waals surface area contributed by atoms with E-state index in [4.69, 9.17) is 11.0 Å². The van der Waals surface area contributed by atoms with E-state index >= 15 is 0 Å². The van der Waals surface area contributed by atoms with Crippen molar-refractivity contribution in [2.75, 3.05) is 11.1 Å². The molecule has 0 aliphatic heterocycles. The molecule has 0 fully saturated rings. The maximum absolute atomic E-state index is 12.6.